The first-order valence-corrected chi connectivity index (χ1v) is 18.1. The van der Waals surface area contributed by atoms with E-state index in [4.69, 9.17) is 0 Å². The van der Waals surface area contributed by atoms with Crippen molar-refractivity contribution in [1.82, 2.24) is 0 Å². The molecule has 0 aromatic heterocycles. The fraction of sp³-hybridized carbons (Fsp3) is 0.939. The smallest absolute Gasteiger partial charge is 0.726 e. The van der Waals surface area contributed by atoms with Gasteiger partial charge in [0.15, 0.2) is 0 Å². The topological polar surface area (TPSA) is 66.4 Å². The average Bonchev–Trinajstić information content (AvgIpc) is 2.89. The molecule has 6 heteroatoms. The van der Waals surface area contributed by atoms with Gasteiger partial charge < -0.3 is 4.55 Å². The molecule has 0 aliphatic rings. The Bertz CT molecular complexity index is 595. The first-order valence-electron chi connectivity index (χ1n) is 16.8. The molecule has 228 valence electrons. The van der Waals surface area contributed by atoms with E-state index in [9.17, 15) is 13.0 Å². The van der Waals surface area contributed by atoms with Crippen molar-refractivity contribution in [3.05, 3.63) is 12.2 Å². The van der Waals surface area contributed by atoms with E-state index in [1.807, 2.05) is 0 Å². The Kier molecular flexibility index (Phi) is 36.7. The van der Waals surface area contributed by atoms with Crippen LogP contribution in [0.1, 0.15) is 187 Å². The summed E-state index contributed by atoms with van der Waals surface area (Å²) in [4.78, 5) is 0. The molecular weight excluding hydrogens is 532 g/mol. The predicted octanol–water partition coefficient (Wildman–Crippen LogP) is 8.21. The minimum absolute atomic E-state index is 0. The second-order valence-electron chi connectivity index (χ2n) is 11.6. The van der Waals surface area contributed by atoms with E-state index >= 15 is 0 Å². The summed E-state index contributed by atoms with van der Waals surface area (Å²) in [5.41, 5.74) is 0. The molecule has 0 rings (SSSR count). The van der Waals surface area contributed by atoms with Crippen molar-refractivity contribution in [2.24, 2.45) is 5.92 Å². The second-order valence-corrected chi connectivity index (χ2v) is 12.6. The normalized spacial score (nSPS) is 12.7. The molecule has 0 radical (unpaired) electrons. The maximum Gasteiger partial charge on any atom is 1.00 e. The summed E-state index contributed by atoms with van der Waals surface area (Å²) < 4.78 is 37.3. The third kappa shape index (κ3) is 37.2. The van der Waals surface area contributed by atoms with E-state index < -0.39 is 10.4 Å². The van der Waals surface area contributed by atoms with Crippen molar-refractivity contribution in [1.29, 1.82) is 0 Å². The zero-order valence-corrected chi connectivity index (χ0v) is 30.5. The van der Waals surface area contributed by atoms with Gasteiger partial charge in [-0.15, -0.1) is 0 Å². The number of hydrogen-bond donors (Lipinski definition) is 0. The molecule has 39 heavy (non-hydrogen) atoms. The summed E-state index contributed by atoms with van der Waals surface area (Å²) in [5.74, 6) is 0.0177. The minimum atomic E-state index is -4.62. The van der Waals surface area contributed by atoms with Gasteiger partial charge in [0, 0.05) is 5.92 Å². The van der Waals surface area contributed by atoms with Crippen LogP contribution in [-0.2, 0) is 14.6 Å². The summed E-state index contributed by atoms with van der Waals surface area (Å²) in [6.45, 7) is 4.51. The van der Waals surface area contributed by atoms with Crippen molar-refractivity contribution in [2.75, 3.05) is 6.61 Å². The molecule has 1 unspecified atom stereocenters. The molecule has 1 atom stereocenters. The molecule has 0 bridgehead atoms. The molecule has 0 aliphatic carbocycles. The number of hydrogen-bond acceptors (Lipinski definition) is 4. The quantitative estimate of drug-likeness (QED) is 0.0266. The fourth-order valence-corrected chi connectivity index (χ4v) is 5.56. The van der Waals surface area contributed by atoms with Gasteiger partial charge in [-0.05, 0) is 19.3 Å². The summed E-state index contributed by atoms with van der Waals surface area (Å²) in [7, 11) is -4.62. The first kappa shape index (κ1) is 42.4. The molecule has 0 N–H and O–H groups in total. The largest absolute Gasteiger partial charge is 1.00 e. The monoisotopic (exact) mass is 596 g/mol. The van der Waals surface area contributed by atoms with E-state index in [1.165, 1.54) is 154 Å². The van der Waals surface area contributed by atoms with Crippen molar-refractivity contribution in [3.8, 4) is 0 Å². The maximum atomic E-state index is 10.9. The molecular formula is C33H65KO4S. The average molecular weight is 597 g/mol. The number of allylic oxidation sites excluding steroid dienone is 1. The minimum Gasteiger partial charge on any atom is -0.726 e. The Morgan fingerprint density at radius 2 is 0.897 bits per heavy atom. The molecule has 0 fully saturated rings. The van der Waals surface area contributed by atoms with Crippen LogP contribution >= 0.6 is 0 Å². The Hall–Kier alpha value is 1.25. The molecule has 0 amide bonds. The van der Waals surface area contributed by atoms with Gasteiger partial charge >= 0.3 is 51.4 Å². The van der Waals surface area contributed by atoms with E-state index in [0.29, 0.717) is 0 Å². The summed E-state index contributed by atoms with van der Waals surface area (Å²) in [6.07, 6.45) is 39.5. The summed E-state index contributed by atoms with van der Waals surface area (Å²) >= 11 is 0. The van der Waals surface area contributed by atoms with Gasteiger partial charge in [-0.25, -0.2) is 8.42 Å². The van der Waals surface area contributed by atoms with Crippen molar-refractivity contribution < 1.29 is 68.5 Å². The van der Waals surface area contributed by atoms with Crippen LogP contribution in [0.4, 0.5) is 0 Å². The van der Waals surface area contributed by atoms with Crippen molar-refractivity contribution in [3.63, 3.8) is 0 Å². The van der Waals surface area contributed by atoms with E-state index in [2.05, 4.69) is 30.2 Å². The van der Waals surface area contributed by atoms with Crippen LogP contribution in [0.3, 0.4) is 0 Å². The molecule has 4 nitrogen and oxygen atoms in total. The number of unbranched alkanes of at least 4 members (excludes halogenated alkanes) is 24. The van der Waals surface area contributed by atoms with E-state index in [0.717, 1.165) is 19.3 Å². The van der Waals surface area contributed by atoms with Gasteiger partial charge in [0.25, 0.3) is 0 Å². The van der Waals surface area contributed by atoms with Gasteiger partial charge in [-0.1, -0.05) is 180 Å². The van der Waals surface area contributed by atoms with Crippen LogP contribution in [0.5, 0.6) is 0 Å². The molecule has 0 aliphatic heterocycles. The van der Waals surface area contributed by atoms with Crippen molar-refractivity contribution >= 4 is 10.4 Å². The third-order valence-electron chi connectivity index (χ3n) is 7.74. The standard InChI is InChI=1S/C33H66O4S.K/c1-3-5-7-9-11-13-15-16-17-18-19-20-21-23-25-27-29-31-33(32-37-38(34,35)36)30-28-26-24-22-14-12-10-8-6-4-2;/h28,30,33H,3-27,29,31-32H2,1-2H3,(H,34,35,36);/q;+1/p-1/b30-28+;. The molecule has 0 saturated carbocycles. The van der Waals surface area contributed by atoms with Gasteiger partial charge in [0.2, 0.25) is 10.4 Å². The van der Waals surface area contributed by atoms with Crippen LogP contribution in [0.15, 0.2) is 12.2 Å². The molecule has 0 saturated heterocycles. The van der Waals surface area contributed by atoms with Crippen LogP contribution in [-0.4, -0.2) is 19.6 Å². The molecule has 0 spiro atoms. The summed E-state index contributed by atoms with van der Waals surface area (Å²) in [6, 6.07) is 0. The van der Waals surface area contributed by atoms with Gasteiger partial charge in [-0.3, -0.25) is 4.18 Å². The fourth-order valence-electron chi connectivity index (χ4n) is 5.22. The first-order chi connectivity index (χ1) is 18.5. The van der Waals surface area contributed by atoms with Crippen LogP contribution in [0.2, 0.25) is 0 Å². The van der Waals surface area contributed by atoms with Crippen molar-refractivity contribution in [2.45, 2.75) is 187 Å². The molecule has 0 aromatic rings. The SMILES string of the molecule is CCCCCCCCCC/C=C/C(CCCCCCCCCCCCCCCCCCC)COS(=O)(=O)[O-].[K+]. The van der Waals surface area contributed by atoms with Crippen LogP contribution < -0.4 is 51.4 Å². The van der Waals surface area contributed by atoms with Gasteiger partial charge in [0.1, 0.15) is 0 Å². The van der Waals surface area contributed by atoms with Crippen LogP contribution in [0, 0.1) is 5.92 Å². The molecule has 0 heterocycles. The van der Waals surface area contributed by atoms with Gasteiger partial charge in [-0.2, -0.15) is 0 Å². The van der Waals surface area contributed by atoms with Crippen LogP contribution in [0.25, 0.3) is 0 Å². The van der Waals surface area contributed by atoms with Gasteiger partial charge in [0.05, 0.1) is 6.61 Å². The molecule has 0 aromatic carbocycles. The Labute approximate surface area is 288 Å². The Morgan fingerprint density at radius 1 is 0.564 bits per heavy atom. The third-order valence-corrected chi connectivity index (χ3v) is 8.16. The Morgan fingerprint density at radius 3 is 1.26 bits per heavy atom. The zero-order chi connectivity index (χ0) is 28.0. The Balaban J connectivity index is 0. The van der Waals surface area contributed by atoms with E-state index in [1.54, 1.807) is 0 Å². The maximum absolute atomic E-state index is 10.9. The van der Waals surface area contributed by atoms with E-state index in [-0.39, 0.29) is 63.9 Å². The zero-order valence-electron chi connectivity index (χ0n) is 26.6. The number of rotatable bonds is 31. The predicted molar refractivity (Wildman–Crippen MR) is 164 cm³/mol. The summed E-state index contributed by atoms with van der Waals surface area (Å²) in [5, 5.41) is 0. The second kappa shape index (κ2) is 33.7.